The first-order valence-corrected chi connectivity index (χ1v) is 8.06. The Morgan fingerprint density at radius 1 is 1.12 bits per heavy atom. The molecule has 0 bridgehead atoms. The molecule has 1 aromatic carbocycles. The van der Waals surface area contributed by atoms with Crippen LogP contribution in [0.15, 0.2) is 18.2 Å². The molecule has 0 heterocycles. The molecule has 0 radical (unpaired) electrons. The lowest BCUT2D eigenvalue weighted by Crippen LogP contribution is -2.41. The topological polar surface area (TPSA) is 56.8 Å². The molecule has 5 nitrogen and oxygen atoms in total. The van der Waals surface area contributed by atoms with E-state index in [1.54, 1.807) is 18.2 Å². The van der Waals surface area contributed by atoms with Crippen LogP contribution in [0, 0.1) is 0 Å². The van der Waals surface area contributed by atoms with Crippen LogP contribution in [0.1, 0.15) is 32.1 Å². The van der Waals surface area contributed by atoms with Gasteiger partial charge in [-0.1, -0.05) is 6.07 Å². The fourth-order valence-corrected chi connectivity index (χ4v) is 2.92. The van der Waals surface area contributed by atoms with Crippen molar-refractivity contribution in [1.82, 2.24) is 5.32 Å². The van der Waals surface area contributed by atoms with Gasteiger partial charge < -0.3 is 19.5 Å². The van der Waals surface area contributed by atoms with E-state index in [1.807, 2.05) is 0 Å². The highest BCUT2D eigenvalue weighted by Gasteiger charge is 2.33. The van der Waals surface area contributed by atoms with Crippen LogP contribution < -0.4 is 19.5 Å². The summed E-state index contributed by atoms with van der Waals surface area (Å²) in [5.74, 6) is 0.649. The Kier molecular flexibility index (Phi) is 6.39. The van der Waals surface area contributed by atoms with Crippen LogP contribution >= 0.6 is 0 Å². The summed E-state index contributed by atoms with van der Waals surface area (Å²) in [6.45, 7) is 0. The van der Waals surface area contributed by atoms with Crippen LogP contribution in [0.4, 0.5) is 13.2 Å². The van der Waals surface area contributed by atoms with Crippen molar-refractivity contribution in [3.05, 3.63) is 18.2 Å². The fraction of sp³-hybridized carbons (Fsp3) is 0.588. The standard InChI is InChI=1S/C17H22F3NO4/c1-23-13-4-3-5-14(16(13)24-2)25-12-8-6-11(7-9-12)21-15(22)10-17(18,19)20/h3-5,11-12H,6-10H2,1-2H3,(H,21,22). The summed E-state index contributed by atoms with van der Waals surface area (Å²) in [7, 11) is 3.06. The van der Waals surface area contributed by atoms with Gasteiger partial charge in [-0.3, -0.25) is 4.79 Å². The molecule has 140 valence electrons. The van der Waals surface area contributed by atoms with E-state index < -0.39 is 18.5 Å². The van der Waals surface area contributed by atoms with Gasteiger partial charge in [-0.2, -0.15) is 13.2 Å². The lowest BCUT2D eigenvalue weighted by molar-refractivity contribution is -0.154. The molecule has 8 heteroatoms. The minimum Gasteiger partial charge on any atom is -0.493 e. The third kappa shape index (κ3) is 5.72. The average molecular weight is 361 g/mol. The molecular formula is C17H22F3NO4. The number of ether oxygens (including phenoxy) is 3. The first kappa shape index (κ1) is 19.2. The minimum absolute atomic E-state index is 0.0863. The second-order valence-corrected chi connectivity index (χ2v) is 5.94. The summed E-state index contributed by atoms with van der Waals surface area (Å²) in [4.78, 5) is 11.4. The van der Waals surface area contributed by atoms with Gasteiger partial charge in [0, 0.05) is 6.04 Å². The van der Waals surface area contributed by atoms with Crippen LogP contribution in [0.5, 0.6) is 17.2 Å². The molecule has 1 N–H and O–H groups in total. The van der Waals surface area contributed by atoms with Crippen molar-refractivity contribution < 1.29 is 32.2 Å². The van der Waals surface area contributed by atoms with Gasteiger partial charge in [-0.15, -0.1) is 0 Å². The van der Waals surface area contributed by atoms with Crippen molar-refractivity contribution in [2.45, 2.75) is 50.4 Å². The number of methoxy groups -OCH3 is 2. The highest BCUT2D eigenvalue weighted by molar-refractivity contribution is 5.76. The molecule has 0 aromatic heterocycles. The van der Waals surface area contributed by atoms with Gasteiger partial charge >= 0.3 is 6.18 Å². The van der Waals surface area contributed by atoms with E-state index in [9.17, 15) is 18.0 Å². The summed E-state index contributed by atoms with van der Waals surface area (Å²) in [5, 5.41) is 2.44. The number of para-hydroxylation sites is 1. The molecular weight excluding hydrogens is 339 g/mol. The molecule has 0 unspecified atom stereocenters. The Hall–Kier alpha value is -2.12. The van der Waals surface area contributed by atoms with E-state index in [4.69, 9.17) is 14.2 Å². The zero-order valence-corrected chi connectivity index (χ0v) is 14.2. The predicted octanol–water partition coefficient (Wildman–Crippen LogP) is 3.46. The number of carbonyl (C=O) groups excluding carboxylic acids is 1. The summed E-state index contributed by atoms with van der Waals surface area (Å²) >= 11 is 0. The van der Waals surface area contributed by atoms with Crippen molar-refractivity contribution in [3.63, 3.8) is 0 Å². The molecule has 1 fully saturated rings. The maximum Gasteiger partial charge on any atom is 0.397 e. The third-order valence-electron chi connectivity index (χ3n) is 4.06. The number of hydrogen-bond acceptors (Lipinski definition) is 4. The van der Waals surface area contributed by atoms with Crippen LogP contribution in [0.2, 0.25) is 0 Å². The van der Waals surface area contributed by atoms with Crippen LogP contribution in [0.25, 0.3) is 0 Å². The normalized spacial score (nSPS) is 20.7. The number of nitrogens with one attached hydrogen (secondary N) is 1. The first-order valence-electron chi connectivity index (χ1n) is 8.06. The Labute approximate surface area is 144 Å². The van der Waals surface area contributed by atoms with E-state index in [1.165, 1.54) is 14.2 Å². The monoisotopic (exact) mass is 361 g/mol. The molecule has 1 saturated carbocycles. The van der Waals surface area contributed by atoms with Crippen molar-refractivity contribution >= 4 is 5.91 Å². The van der Waals surface area contributed by atoms with Gasteiger partial charge in [0.1, 0.15) is 6.42 Å². The number of benzene rings is 1. The maximum atomic E-state index is 12.2. The zero-order valence-electron chi connectivity index (χ0n) is 14.2. The number of amides is 1. The number of carbonyl (C=O) groups is 1. The van der Waals surface area contributed by atoms with E-state index in [0.717, 1.165) is 0 Å². The number of hydrogen-bond donors (Lipinski definition) is 1. The number of alkyl halides is 3. The van der Waals surface area contributed by atoms with Crippen LogP contribution in [0.3, 0.4) is 0 Å². The van der Waals surface area contributed by atoms with Crippen LogP contribution in [-0.2, 0) is 4.79 Å². The smallest absolute Gasteiger partial charge is 0.397 e. The Bertz CT molecular complexity index is 584. The van der Waals surface area contributed by atoms with E-state index >= 15 is 0 Å². The molecule has 2 rings (SSSR count). The fourth-order valence-electron chi connectivity index (χ4n) is 2.92. The average Bonchev–Trinajstić information content (AvgIpc) is 2.54. The first-order chi connectivity index (χ1) is 11.8. The van der Waals surface area contributed by atoms with E-state index in [2.05, 4.69) is 5.32 Å². The Balaban J connectivity index is 1.86. The van der Waals surface area contributed by atoms with Gasteiger partial charge in [0.25, 0.3) is 0 Å². The second kappa shape index (κ2) is 8.31. The molecule has 25 heavy (non-hydrogen) atoms. The lowest BCUT2D eigenvalue weighted by Gasteiger charge is -2.30. The highest BCUT2D eigenvalue weighted by Crippen LogP contribution is 2.38. The maximum absolute atomic E-state index is 12.2. The van der Waals surface area contributed by atoms with Crippen molar-refractivity contribution in [1.29, 1.82) is 0 Å². The molecule has 1 aliphatic rings. The zero-order chi connectivity index (χ0) is 18.4. The SMILES string of the molecule is COc1cccc(OC2CCC(NC(=O)CC(F)(F)F)CC2)c1OC. The van der Waals surface area contributed by atoms with Crippen molar-refractivity contribution in [3.8, 4) is 17.2 Å². The van der Waals surface area contributed by atoms with Gasteiger partial charge in [0.2, 0.25) is 11.7 Å². The molecule has 1 amide bonds. The summed E-state index contributed by atoms with van der Waals surface area (Å²) < 4.78 is 53.1. The van der Waals surface area contributed by atoms with Gasteiger partial charge in [-0.25, -0.2) is 0 Å². The minimum atomic E-state index is -4.48. The lowest BCUT2D eigenvalue weighted by atomic mass is 9.92. The molecule has 1 aliphatic carbocycles. The largest absolute Gasteiger partial charge is 0.493 e. The highest BCUT2D eigenvalue weighted by atomic mass is 19.4. The molecule has 0 saturated heterocycles. The molecule has 0 spiro atoms. The predicted molar refractivity (Wildman–Crippen MR) is 85.0 cm³/mol. The Morgan fingerprint density at radius 2 is 1.76 bits per heavy atom. The molecule has 1 aromatic rings. The molecule has 0 aliphatic heterocycles. The van der Waals surface area contributed by atoms with Gasteiger partial charge in [0.15, 0.2) is 11.5 Å². The third-order valence-corrected chi connectivity index (χ3v) is 4.06. The number of rotatable bonds is 6. The summed E-state index contributed by atoms with van der Waals surface area (Å²) in [5.41, 5.74) is 0. The van der Waals surface area contributed by atoms with E-state index in [0.29, 0.717) is 42.9 Å². The van der Waals surface area contributed by atoms with E-state index in [-0.39, 0.29) is 12.1 Å². The quantitative estimate of drug-likeness (QED) is 0.843. The second-order valence-electron chi connectivity index (χ2n) is 5.94. The molecule has 0 atom stereocenters. The number of halogens is 3. The van der Waals surface area contributed by atoms with Crippen molar-refractivity contribution in [2.75, 3.05) is 14.2 Å². The summed E-state index contributed by atoms with van der Waals surface area (Å²) in [6, 6.07) is 5.08. The van der Waals surface area contributed by atoms with Crippen LogP contribution in [-0.4, -0.2) is 38.4 Å². The Morgan fingerprint density at radius 3 is 2.32 bits per heavy atom. The van der Waals surface area contributed by atoms with Crippen molar-refractivity contribution in [2.24, 2.45) is 0 Å². The van der Waals surface area contributed by atoms with Gasteiger partial charge in [-0.05, 0) is 37.8 Å². The van der Waals surface area contributed by atoms with Gasteiger partial charge in [0.05, 0.1) is 20.3 Å². The summed E-state index contributed by atoms with van der Waals surface area (Å²) in [6.07, 6.45) is -3.59.